The molecule has 34 heavy (non-hydrogen) atoms. The van der Waals surface area contributed by atoms with Gasteiger partial charge in [-0.1, -0.05) is 18.2 Å². The number of ether oxygens (including phenoxy) is 1. The van der Waals surface area contributed by atoms with Gasteiger partial charge in [0.1, 0.15) is 34.2 Å². The number of esters is 1. The lowest BCUT2D eigenvalue weighted by Gasteiger charge is -2.08. The van der Waals surface area contributed by atoms with Gasteiger partial charge in [-0.3, -0.25) is 4.79 Å². The van der Waals surface area contributed by atoms with Crippen molar-refractivity contribution in [1.82, 2.24) is 23.4 Å². The second-order valence-corrected chi connectivity index (χ2v) is 9.35. The minimum atomic E-state index is -3.83. The molecule has 0 saturated heterocycles. The maximum atomic E-state index is 12.5. The van der Waals surface area contributed by atoms with Crippen LogP contribution in [0.1, 0.15) is 18.7 Å². The number of allylic oxidation sites excluding steroid dienone is 1. The van der Waals surface area contributed by atoms with Gasteiger partial charge in [0.25, 0.3) is 0 Å². The highest BCUT2D eigenvalue weighted by atomic mass is 32.2. The van der Waals surface area contributed by atoms with Gasteiger partial charge in [-0.2, -0.15) is 14.0 Å². The predicted octanol–water partition coefficient (Wildman–Crippen LogP) is 2.66. The Labute approximate surface area is 198 Å². The topological polar surface area (TPSA) is 171 Å². The van der Waals surface area contributed by atoms with Crippen molar-refractivity contribution in [3.63, 3.8) is 0 Å². The summed E-state index contributed by atoms with van der Waals surface area (Å²) >= 11 is 0.923. The molecule has 0 amide bonds. The van der Waals surface area contributed by atoms with Crippen molar-refractivity contribution in [2.75, 3.05) is 13.2 Å². The van der Waals surface area contributed by atoms with Gasteiger partial charge in [-0.25, -0.2) is 18.1 Å². The highest BCUT2D eigenvalue weighted by molar-refractivity contribution is 7.89. The Morgan fingerprint density at radius 3 is 2.76 bits per heavy atom. The quantitative estimate of drug-likeness (QED) is 0.136. The van der Waals surface area contributed by atoms with Crippen molar-refractivity contribution < 1.29 is 23.1 Å². The number of imidazole rings is 1. The highest BCUT2D eigenvalue weighted by Gasteiger charge is 2.19. The maximum Gasteiger partial charge on any atom is 0.306 e. The molecule has 4 aromatic rings. The Hall–Kier alpha value is -3.86. The number of para-hydroxylation sites is 2. The number of carbonyl (C=O) groups excluding carboxylic acids is 1. The molecule has 0 aliphatic rings. The summed E-state index contributed by atoms with van der Waals surface area (Å²) in [6, 6.07) is 13.7. The number of aliphatic hydroxyl groups is 1. The number of aromatic nitrogens is 4. The lowest BCUT2D eigenvalue weighted by molar-refractivity contribution is -0.143. The lowest BCUT2D eigenvalue weighted by atomic mass is 10.2. The van der Waals surface area contributed by atoms with Crippen LogP contribution in [0.3, 0.4) is 0 Å². The van der Waals surface area contributed by atoms with E-state index in [1.54, 1.807) is 36.4 Å². The van der Waals surface area contributed by atoms with Crippen LogP contribution in [0.15, 0.2) is 53.1 Å². The normalized spacial score (nSPS) is 12.4. The second-order valence-electron chi connectivity index (χ2n) is 7.09. The summed E-state index contributed by atoms with van der Waals surface area (Å²) in [5, 5.41) is 19.6. The van der Waals surface area contributed by atoms with E-state index in [0.29, 0.717) is 22.1 Å². The van der Waals surface area contributed by atoms with Gasteiger partial charge in [0.15, 0.2) is 11.6 Å². The van der Waals surface area contributed by atoms with E-state index >= 15 is 0 Å². The van der Waals surface area contributed by atoms with Crippen LogP contribution in [0, 0.1) is 11.3 Å². The highest BCUT2D eigenvalue weighted by Crippen LogP contribution is 2.21. The molecule has 0 radical (unpaired) electrons. The van der Waals surface area contributed by atoms with Gasteiger partial charge in [-0.15, -0.1) is 0 Å². The molecular formula is C21H18N6O5S2. The van der Waals surface area contributed by atoms with E-state index in [0.717, 1.165) is 11.7 Å². The number of aliphatic hydroxyl groups excluding tert-OH is 1. The fourth-order valence-electron chi connectivity index (χ4n) is 3.13. The number of nitriles is 1. The summed E-state index contributed by atoms with van der Waals surface area (Å²) < 4.78 is 40.6. The molecule has 0 spiro atoms. The largest absolute Gasteiger partial charge is 0.507 e. The summed E-state index contributed by atoms with van der Waals surface area (Å²) in [6.45, 7) is -0.515. The number of H-pyrrole nitrogens is 1. The molecule has 13 heteroatoms. The number of sulfonamides is 1. The standard InChI is InChI=1S/C21H18N6O5S2/c22-11-13(21-24-14-5-1-2-6-15(14)25-21)17(28)12-32-19(29)9-4-10-23-34(30,31)18-8-3-7-16-20(18)27-33-26-16/h1-3,5-8,23,28H,4,9-10,12H2,(H,24,25). The fourth-order valence-corrected chi connectivity index (χ4v) is 4.97. The Morgan fingerprint density at radius 1 is 1.18 bits per heavy atom. The van der Waals surface area contributed by atoms with Crippen LogP contribution in [0.4, 0.5) is 0 Å². The minimum absolute atomic E-state index is 0.00433. The number of rotatable bonds is 9. The van der Waals surface area contributed by atoms with Crippen molar-refractivity contribution >= 4 is 55.4 Å². The molecule has 0 aliphatic carbocycles. The van der Waals surface area contributed by atoms with Crippen molar-refractivity contribution in [1.29, 1.82) is 5.26 Å². The third kappa shape index (κ3) is 5.04. The van der Waals surface area contributed by atoms with Crippen LogP contribution in [-0.2, 0) is 19.6 Å². The third-order valence-electron chi connectivity index (χ3n) is 4.78. The number of aromatic amines is 1. The van der Waals surface area contributed by atoms with Crippen LogP contribution in [0.2, 0.25) is 0 Å². The van der Waals surface area contributed by atoms with Crippen molar-refractivity contribution in [2.24, 2.45) is 0 Å². The third-order valence-corrected chi connectivity index (χ3v) is 6.82. The Kier molecular flexibility index (Phi) is 6.82. The fraction of sp³-hybridized carbons (Fsp3) is 0.190. The molecule has 2 aromatic heterocycles. The Morgan fingerprint density at radius 2 is 1.97 bits per heavy atom. The van der Waals surface area contributed by atoms with E-state index in [2.05, 4.69) is 23.4 Å². The van der Waals surface area contributed by atoms with E-state index in [9.17, 15) is 23.6 Å². The number of fused-ring (bicyclic) bond motifs is 2. The second kappa shape index (κ2) is 9.96. The molecule has 4 rings (SSSR count). The lowest BCUT2D eigenvalue weighted by Crippen LogP contribution is -2.25. The molecule has 2 heterocycles. The Bertz CT molecular complexity index is 1500. The van der Waals surface area contributed by atoms with E-state index in [4.69, 9.17) is 4.74 Å². The summed E-state index contributed by atoms with van der Waals surface area (Å²) in [6.07, 6.45) is 0.0767. The molecule has 3 N–H and O–H groups in total. The zero-order valence-electron chi connectivity index (χ0n) is 17.6. The first-order valence-electron chi connectivity index (χ1n) is 10.0. The summed E-state index contributed by atoms with van der Waals surface area (Å²) in [4.78, 5) is 19.2. The molecular weight excluding hydrogens is 480 g/mol. The average Bonchev–Trinajstić information content (AvgIpc) is 3.47. The van der Waals surface area contributed by atoms with E-state index < -0.39 is 28.4 Å². The van der Waals surface area contributed by atoms with Crippen LogP contribution >= 0.6 is 11.7 Å². The number of nitrogens with one attached hydrogen (secondary N) is 2. The van der Waals surface area contributed by atoms with Gasteiger partial charge in [-0.05, 0) is 30.7 Å². The summed E-state index contributed by atoms with van der Waals surface area (Å²) in [5.41, 5.74) is 1.96. The van der Waals surface area contributed by atoms with E-state index in [1.807, 2.05) is 6.07 Å². The molecule has 0 saturated carbocycles. The molecule has 174 valence electrons. The molecule has 0 bridgehead atoms. The zero-order chi connectivity index (χ0) is 24.1. The van der Waals surface area contributed by atoms with Gasteiger partial charge in [0.2, 0.25) is 10.0 Å². The first-order valence-corrected chi connectivity index (χ1v) is 12.2. The van der Waals surface area contributed by atoms with Gasteiger partial charge >= 0.3 is 5.97 Å². The number of benzene rings is 2. The van der Waals surface area contributed by atoms with Crippen molar-refractivity contribution in [3.8, 4) is 6.07 Å². The van der Waals surface area contributed by atoms with Gasteiger partial charge in [0.05, 0.1) is 22.8 Å². The first-order chi connectivity index (χ1) is 16.4. The summed E-state index contributed by atoms with van der Waals surface area (Å²) in [5.74, 6) is -0.934. The number of hydrogen-bond acceptors (Lipinski definition) is 10. The van der Waals surface area contributed by atoms with Crippen molar-refractivity contribution in [3.05, 3.63) is 54.0 Å². The first kappa shape index (κ1) is 23.3. The molecule has 0 unspecified atom stereocenters. The monoisotopic (exact) mass is 498 g/mol. The van der Waals surface area contributed by atoms with Gasteiger partial charge in [0, 0.05) is 13.0 Å². The maximum absolute atomic E-state index is 12.5. The van der Waals surface area contributed by atoms with Crippen LogP contribution < -0.4 is 4.72 Å². The Balaban J connectivity index is 1.29. The van der Waals surface area contributed by atoms with E-state index in [1.165, 1.54) is 6.07 Å². The van der Waals surface area contributed by atoms with E-state index in [-0.39, 0.29) is 35.7 Å². The zero-order valence-corrected chi connectivity index (χ0v) is 19.2. The van der Waals surface area contributed by atoms with Crippen LogP contribution in [0.25, 0.3) is 27.6 Å². The average molecular weight is 499 g/mol. The molecule has 0 aliphatic heterocycles. The summed E-state index contributed by atoms with van der Waals surface area (Å²) in [7, 11) is -3.83. The molecule has 11 nitrogen and oxygen atoms in total. The number of nitrogens with zero attached hydrogens (tertiary/aromatic N) is 4. The molecule has 2 aromatic carbocycles. The molecule has 0 atom stereocenters. The number of hydrogen-bond donors (Lipinski definition) is 3. The van der Waals surface area contributed by atoms with Crippen LogP contribution in [-0.4, -0.2) is 51.4 Å². The van der Waals surface area contributed by atoms with Gasteiger partial charge < -0.3 is 14.8 Å². The predicted molar refractivity (Wildman–Crippen MR) is 124 cm³/mol. The van der Waals surface area contributed by atoms with Crippen LogP contribution in [0.5, 0.6) is 0 Å². The smallest absolute Gasteiger partial charge is 0.306 e. The molecule has 0 fully saturated rings. The number of carbonyl (C=O) groups is 1. The minimum Gasteiger partial charge on any atom is -0.507 e. The van der Waals surface area contributed by atoms with Crippen molar-refractivity contribution in [2.45, 2.75) is 17.7 Å². The SMILES string of the molecule is N#CC(=C(O)COC(=O)CCCNS(=O)(=O)c1cccc2nsnc12)c1nc2ccccc2[nH]1.